The minimum absolute atomic E-state index is 0.0350. The molecule has 1 aromatic heterocycles. The fourth-order valence-electron chi connectivity index (χ4n) is 2.70. The molecule has 146 valence electrons. The smallest absolute Gasteiger partial charge is 0.337 e. The van der Waals surface area contributed by atoms with Gasteiger partial charge in [0.15, 0.2) is 17.3 Å². The van der Waals surface area contributed by atoms with Gasteiger partial charge in [0.25, 0.3) is 10.0 Å². The highest BCUT2D eigenvalue weighted by molar-refractivity contribution is 7.90. The Morgan fingerprint density at radius 1 is 1.11 bits per heavy atom. The van der Waals surface area contributed by atoms with Gasteiger partial charge in [-0.25, -0.2) is 0 Å². The number of ether oxygens (including phenoxy) is 4. The Hall–Kier alpha value is -3.27. The molecule has 0 saturated heterocycles. The molecular weight excluding hydrogens is 386 g/mol. The van der Waals surface area contributed by atoms with Crippen LogP contribution in [0, 0.1) is 0 Å². The molecule has 0 atom stereocenters. The van der Waals surface area contributed by atoms with Gasteiger partial charge in [0.2, 0.25) is 6.79 Å². The van der Waals surface area contributed by atoms with E-state index in [9.17, 15) is 8.42 Å². The van der Waals surface area contributed by atoms with Crippen molar-refractivity contribution < 1.29 is 27.4 Å². The van der Waals surface area contributed by atoms with Gasteiger partial charge < -0.3 is 18.9 Å². The van der Waals surface area contributed by atoms with Crippen molar-refractivity contribution >= 4 is 10.0 Å². The maximum Gasteiger partial charge on any atom is 0.337 e. The second-order valence-electron chi connectivity index (χ2n) is 5.74. The van der Waals surface area contributed by atoms with Crippen LogP contribution in [0.25, 0.3) is 11.4 Å². The molecule has 0 N–H and O–H groups in total. The van der Waals surface area contributed by atoms with Crippen molar-refractivity contribution in [3.8, 4) is 34.6 Å². The number of rotatable bonds is 6. The van der Waals surface area contributed by atoms with Crippen molar-refractivity contribution in [1.82, 2.24) is 14.2 Å². The van der Waals surface area contributed by atoms with Crippen LogP contribution in [0.2, 0.25) is 0 Å². The van der Waals surface area contributed by atoms with Gasteiger partial charge in [-0.2, -0.15) is 13.4 Å². The summed E-state index contributed by atoms with van der Waals surface area (Å²) in [6.45, 7) is 2.17. The number of fused-ring (bicyclic) bond motifs is 1. The van der Waals surface area contributed by atoms with Crippen LogP contribution in [0.3, 0.4) is 0 Å². The second kappa shape index (κ2) is 7.04. The zero-order valence-electron chi connectivity index (χ0n) is 15.2. The molecule has 0 fully saturated rings. The highest BCUT2D eigenvalue weighted by Crippen LogP contribution is 2.36. The minimum atomic E-state index is -4.02. The van der Waals surface area contributed by atoms with Crippen molar-refractivity contribution in [1.29, 1.82) is 0 Å². The Kier molecular flexibility index (Phi) is 4.55. The third kappa shape index (κ3) is 3.11. The first-order valence-electron chi connectivity index (χ1n) is 8.42. The van der Waals surface area contributed by atoms with E-state index < -0.39 is 10.0 Å². The topological polar surface area (TPSA) is 102 Å². The molecule has 0 aliphatic carbocycles. The first-order chi connectivity index (χ1) is 13.5. The zero-order valence-corrected chi connectivity index (χ0v) is 16.0. The van der Waals surface area contributed by atoms with E-state index >= 15 is 0 Å². The number of hydrogen-bond acceptors (Lipinski definition) is 8. The average molecular weight is 403 g/mol. The van der Waals surface area contributed by atoms with Crippen molar-refractivity contribution in [2.45, 2.75) is 11.8 Å². The number of aromatic nitrogens is 3. The average Bonchev–Trinajstić information content (AvgIpc) is 3.35. The fraction of sp³-hybridized carbons (Fsp3) is 0.222. The van der Waals surface area contributed by atoms with Crippen molar-refractivity contribution in [2.24, 2.45) is 0 Å². The van der Waals surface area contributed by atoms with Crippen molar-refractivity contribution in [2.75, 3.05) is 20.5 Å². The first-order valence-corrected chi connectivity index (χ1v) is 9.86. The summed E-state index contributed by atoms with van der Waals surface area (Å²) in [7, 11) is -2.51. The van der Waals surface area contributed by atoms with Crippen LogP contribution in [0.5, 0.6) is 23.3 Å². The van der Waals surface area contributed by atoms with E-state index in [-0.39, 0.29) is 23.5 Å². The molecule has 28 heavy (non-hydrogen) atoms. The lowest BCUT2D eigenvalue weighted by molar-refractivity contribution is 0.174. The van der Waals surface area contributed by atoms with Crippen LogP contribution in [0.15, 0.2) is 47.4 Å². The molecule has 10 heteroatoms. The molecule has 1 aliphatic rings. The summed E-state index contributed by atoms with van der Waals surface area (Å²) in [6, 6.07) is 11.0. The summed E-state index contributed by atoms with van der Waals surface area (Å²) in [5.41, 5.74) is 0.500. The van der Waals surface area contributed by atoms with Gasteiger partial charge in [-0.3, -0.25) is 0 Å². The van der Waals surface area contributed by atoms with E-state index in [1.807, 2.05) is 0 Å². The van der Waals surface area contributed by atoms with Gasteiger partial charge in [0, 0.05) is 5.56 Å². The first kappa shape index (κ1) is 18.1. The van der Waals surface area contributed by atoms with Gasteiger partial charge in [-0.1, -0.05) is 5.10 Å². The molecular formula is C18H17N3O6S. The van der Waals surface area contributed by atoms with Crippen LogP contribution in [-0.2, 0) is 10.0 Å². The highest BCUT2D eigenvalue weighted by Gasteiger charge is 2.27. The predicted molar refractivity (Wildman–Crippen MR) is 98.3 cm³/mol. The van der Waals surface area contributed by atoms with Crippen LogP contribution in [0.4, 0.5) is 0 Å². The number of nitrogens with zero attached hydrogens (tertiary/aromatic N) is 3. The third-order valence-corrected chi connectivity index (χ3v) is 5.63. The summed E-state index contributed by atoms with van der Waals surface area (Å²) < 4.78 is 48.3. The van der Waals surface area contributed by atoms with Gasteiger partial charge in [0.05, 0.1) is 18.6 Å². The molecule has 0 radical (unpaired) electrons. The number of methoxy groups -OCH3 is 1. The molecule has 0 unspecified atom stereocenters. The quantitative estimate of drug-likeness (QED) is 0.618. The SMILES string of the molecule is CCOc1nc(-c2ccc3c(c2)OCO3)n(S(=O)(=O)c2ccc(OC)cc2)n1. The maximum atomic E-state index is 13.2. The summed E-state index contributed by atoms with van der Waals surface area (Å²) in [6.07, 6.45) is 0. The lowest BCUT2D eigenvalue weighted by atomic mass is 10.2. The Balaban J connectivity index is 1.83. The Morgan fingerprint density at radius 2 is 1.86 bits per heavy atom. The molecule has 0 spiro atoms. The molecule has 9 nitrogen and oxygen atoms in total. The molecule has 1 aliphatic heterocycles. The van der Waals surface area contributed by atoms with E-state index in [2.05, 4.69) is 10.1 Å². The van der Waals surface area contributed by atoms with E-state index in [0.29, 0.717) is 29.4 Å². The summed E-state index contributed by atoms with van der Waals surface area (Å²) in [4.78, 5) is 4.30. The predicted octanol–water partition coefficient (Wildman–Crippen LogP) is 2.32. The Bertz CT molecular complexity index is 1110. The lowest BCUT2D eigenvalue weighted by Gasteiger charge is -2.08. The summed E-state index contributed by atoms with van der Waals surface area (Å²) in [5, 5.41) is 4.05. The molecule has 2 aromatic carbocycles. The molecule has 4 rings (SSSR count). The van der Waals surface area contributed by atoms with Crippen LogP contribution < -0.4 is 18.9 Å². The maximum absolute atomic E-state index is 13.2. The number of hydrogen-bond donors (Lipinski definition) is 0. The van der Waals surface area contributed by atoms with Crippen LogP contribution in [0.1, 0.15) is 6.92 Å². The Morgan fingerprint density at radius 3 is 2.57 bits per heavy atom. The van der Waals surface area contributed by atoms with E-state index in [0.717, 1.165) is 4.09 Å². The van der Waals surface area contributed by atoms with E-state index in [1.165, 1.54) is 19.2 Å². The normalized spacial score (nSPS) is 12.8. The van der Waals surface area contributed by atoms with Gasteiger partial charge in [0.1, 0.15) is 5.75 Å². The largest absolute Gasteiger partial charge is 0.497 e. The molecule has 0 amide bonds. The van der Waals surface area contributed by atoms with E-state index in [4.69, 9.17) is 18.9 Å². The monoisotopic (exact) mass is 403 g/mol. The number of benzene rings is 2. The minimum Gasteiger partial charge on any atom is -0.497 e. The summed E-state index contributed by atoms with van der Waals surface area (Å²) in [5.74, 6) is 1.74. The second-order valence-corrected chi connectivity index (χ2v) is 7.51. The lowest BCUT2D eigenvalue weighted by Crippen LogP contribution is -2.16. The van der Waals surface area contributed by atoms with Crippen molar-refractivity contribution in [3.63, 3.8) is 0 Å². The molecule has 3 aromatic rings. The van der Waals surface area contributed by atoms with Gasteiger partial charge >= 0.3 is 6.01 Å². The van der Waals surface area contributed by atoms with E-state index in [1.54, 1.807) is 37.3 Å². The van der Waals surface area contributed by atoms with Gasteiger partial charge in [-0.15, -0.1) is 4.09 Å². The molecule has 2 heterocycles. The summed E-state index contributed by atoms with van der Waals surface area (Å²) >= 11 is 0. The third-order valence-electron chi connectivity index (χ3n) is 4.05. The van der Waals surface area contributed by atoms with Crippen molar-refractivity contribution in [3.05, 3.63) is 42.5 Å². The molecule has 0 bridgehead atoms. The van der Waals surface area contributed by atoms with Gasteiger partial charge in [-0.05, 0) is 49.4 Å². The Labute approximate surface area is 161 Å². The van der Waals surface area contributed by atoms with Crippen LogP contribution in [-0.4, -0.2) is 43.1 Å². The fourth-order valence-corrected chi connectivity index (χ4v) is 3.93. The highest BCUT2D eigenvalue weighted by atomic mass is 32.2. The zero-order chi connectivity index (χ0) is 19.7. The molecule has 0 saturated carbocycles. The van der Waals surface area contributed by atoms with Crippen LogP contribution >= 0.6 is 0 Å². The standard InChI is InChI=1S/C18H17N3O6S/c1-3-25-18-19-17(12-4-9-15-16(10-12)27-11-26-15)21(20-18)28(22,23)14-7-5-13(24-2)6-8-14/h4-10H,3,11H2,1-2H3.